The summed E-state index contributed by atoms with van der Waals surface area (Å²) >= 11 is 0. The first-order valence-corrected chi connectivity index (χ1v) is 9.65. The minimum atomic E-state index is -1.16. The maximum atomic E-state index is 13.0. The zero-order chi connectivity index (χ0) is 23.6. The molecule has 0 bridgehead atoms. The lowest BCUT2D eigenvalue weighted by Crippen LogP contribution is -2.31. The van der Waals surface area contributed by atoms with Crippen LogP contribution in [-0.2, 0) is 14.3 Å². The van der Waals surface area contributed by atoms with Crippen LogP contribution in [0.25, 0.3) is 0 Å². The number of hydrogen-bond acceptors (Lipinski definition) is 7. The fourth-order valence-corrected chi connectivity index (χ4v) is 3.68. The molecular weight excluding hydrogens is 420 g/mol. The lowest BCUT2D eigenvalue weighted by Gasteiger charge is -2.31. The van der Waals surface area contributed by atoms with Gasteiger partial charge in [0.25, 0.3) is 5.56 Å². The van der Waals surface area contributed by atoms with Crippen LogP contribution in [0.5, 0.6) is 5.75 Å². The van der Waals surface area contributed by atoms with Gasteiger partial charge in [0.15, 0.2) is 0 Å². The Morgan fingerprint density at radius 3 is 2.50 bits per heavy atom. The Kier molecular flexibility index (Phi) is 6.33. The number of aromatic nitrogens is 1. The molecule has 4 N–H and O–H groups in total. The first-order valence-electron chi connectivity index (χ1n) is 9.65. The molecule has 0 fully saturated rings. The van der Waals surface area contributed by atoms with Crippen LogP contribution < -0.4 is 15.6 Å². The molecule has 0 saturated carbocycles. The number of aryl methyl sites for hydroxylation is 1. The van der Waals surface area contributed by atoms with E-state index in [1.807, 2.05) is 0 Å². The Bertz CT molecular complexity index is 1190. The van der Waals surface area contributed by atoms with Crippen LogP contribution in [0.1, 0.15) is 46.3 Å². The van der Waals surface area contributed by atoms with E-state index in [4.69, 9.17) is 14.6 Å². The number of carboxylic acids is 2. The molecule has 10 heteroatoms. The molecule has 1 unspecified atom stereocenters. The molecule has 32 heavy (non-hydrogen) atoms. The third-order valence-corrected chi connectivity index (χ3v) is 5.18. The SMILES string of the molecule is COc1cc(C(=O)O)ccc1C1C(C(=O)OCCC(=O)O)=C(C)Nc2c(C)c[nH]c(=O)c21. The average molecular weight is 442 g/mol. The number of aliphatic carboxylic acids is 1. The predicted octanol–water partition coefficient (Wildman–Crippen LogP) is 2.24. The summed E-state index contributed by atoms with van der Waals surface area (Å²) in [6.07, 6.45) is 1.17. The van der Waals surface area contributed by atoms with Crippen molar-refractivity contribution >= 4 is 23.6 Å². The Morgan fingerprint density at radius 2 is 1.88 bits per heavy atom. The lowest BCUT2D eigenvalue weighted by molar-refractivity contribution is -0.143. The van der Waals surface area contributed by atoms with E-state index in [9.17, 15) is 24.3 Å². The summed E-state index contributed by atoms with van der Waals surface area (Å²) in [7, 11) is 1.36. The Balaban J connectivity index is 2.22. The van der Waals surface area contributed by atoms with E-state index in [2.05, 4.69) is 10.3 Å². The third-order valence-electron chi connectivity index (χ3n) is 5.18. The molecule has 0 amide bonds. The van der Waals surface area contributed by atoms with Gasteiger partial charge < -0.3 is 30.0 Å². The number of carbonyl (C=O) groups is 3. The van der Waals surface area contributed by atoms with Gasteiger partial charge in [-0.2, -0.15) is 0 Å². The number of hydrogen-bond donors (Lipinski definition) is 4. The summed E-state index contributed by atoms with van der Waals surface area (Å²) in [6.45, 7) is 3.08. The second kappa shape index (κ2) is 8.96. The van der Waals surface area contributed by atoms with E-state index in [1.54, 1.807) is 20.0 Å². The predicted molar refractivity (Wildman–Crippen MR) is 113 cm³/mol. The maximum absolute atomic E-state index is 13.0. The van der Waals surface area contributed by atoms with Crippen molar-refractivity contribution in [2.24, 2.45) is 0 Å². The highest BCUT2D eigenvalue weighted by Gasteiger charge is 2.37. The van der Waals surface area contributed by atoms with Crippen LogP contribution >= 0.6 is 0 Å². The van der Waals surface area contributed by atoms with Crippen molar-refractivity contribution < 1.29 is 34.1 Å². The molecular formula is C22H22N2O8. The molecule has 1 atom stereocenters. The number of aromatic carboxylic acids is 1. The van der Waals surface area contributed by atoms with Crippen LogP contribution in [0.15, 0.2) is 40.5 Å². The molecule has 1 aromatic heterocycles. The smallest absolute Gasteiger partial charge is 0.336 e. The number of methoxy groups -OCH3 is 1. The highest BCUT2D eigenvalue weighted by molar-refractivity contribution is 5.95. The molecule has 1 aliphatic heterocycles. The number of carboxylic acid groups (broad SMARTS) is 2. The molecule has 168 valence electrons. The van der Waals surface area contributed by atoms with Crippen molar-refractivity contribution in [2.45, 2.75) is 26.2 Å². The van der Waals surface area contributed by atoms with Gasteiger partial charge in [-0.3, -0.25) is 9.59 Å². The highest BCUT2D eigenvalue weighted by atomic mass is 16.5. The van der Waals surface area contributed by atoms with Gasteiger partial charge in [-0.25, -0.2) is 9.59 Å². The number of esters is 1. The number of nitrogens with one attached hydrogen (secondary N) is 2. The molecule has 2 aromatic rings. The lowest BCUT2D eigenvalue weighted by atomic mass is 9.80. The second-order valence-corrected chi connectivity index (χ2v) is 7.23. The largest absolute Gasteiger partial charge is 0.496 e. The first-order chi connectivity index (χ1) is 15.1. The average Bonchev–Trinajstić information content (AvgIpc) is 2.74. The summed E-state index contributed by atoms with van der Waals surface area (Å²) in [5, 5.41) is 21.2. The van der Waals surface area contributed by atoms with Crippen molar-refractivity contribution in [1.82, 2.24) is 4.98 Å². The minimum Gasteiger partial charge on any atom is -0.496 e. The molecule has 0 aliphatic carbocycles. The van der Waals surface area contributed by atoms with Crippen molar-refractivity contribution in [1.29, 1.82) is 0 Å². The van der Waals surface area contributed by atoms with Crippen LogP contribution in [0.3, 0.4) is 0 Å². The van der Waals surface area contributed by atoms with Crippen LogP contribution in [0.2, 0.25) is 0 Å². The summed E-state index contributed by atoms with van der Waals surface area (Å²) in [5.41, 5.74) is 1.91. The first kappa shape index (κ1) is 22.6. The number of fused-ring (bicyclic) bond motifs is 1. The summed E-state index contributed by atoms with van der Waals surface area (Å²) in [4.78, 5) is 50.7. The van der Waals surface area contributed by atoms with Crippen LogP contribution in [0.4, 0.5) is 5.69 Å². The van der Waals surface area contributed by atoms with Gasteiger partial charge in [-0.05, 0) is 31.5 Å². The highest BCUT2D eigenvalue weighted by Crippen LogP contribution is 2.44. The van der Waals surface area contributed by atoms with Crippen molar-refractivity contribution in [3.63, 3.8) is 0 Å². The van der Waals surface area contributed by atoms with Crippen molar-refractivity contribution in [3.8, 4) is 5.75 Å². The molecule has 0 spiro atoms. The summed E-state index contributed by atoms with van der Waals surface area (Å²) in [6, 6.07) is 4.16. The molecule has 0 saturated heterocycles. The normalized spacial score (nSPS) is 14.9. The number of allylic oxidation sites excluding steroid dienone is 1. The Morgan fingerprint density at radius 1 is 1.16 bits per heavy atom. The number of anilines is 1. The number of pyridine rings is 1. The van der Waals surface area contributed by atoms with E-state index in [0.717, 1.165) is 5.56 Å². The monoisotopic (exact) mass is 442 g/mol. The van der Waals surface area contributed by atoms with Crippen molar-refractivity contribution in [3.05, 3.63) is 68.3 Å². The third kappa shape index (κ3) is 4.20. The Hall–Kier alpha value is -4.08. The van der Waals surface area contributed by atoms with E-state index >= 15 is 0 Å². The van der Waals surface area contributed by atoms with Gasteiger partial charge in [0.2, 0.25) is 0 Å². The molecule has 3 rings (SSSR count). The zero-order valence-electron chi connectivity index (χ0n) is 17.6. The number of rotatable bonds is 7. The number of carbonyl (C=O) groups excluding carboxylic acids is 1. The standard InChI is InChI=1S/C22H22N2O8/c1-10-9-23-20(27)18-17(13-5-4-12(21(28)29)8-14(13)31-3)16(11(2)24-19(10)18)22(30)32-7-6-15(25)26/h4-5,8-9,17,24H,6-7H2,1-3H3,(H,23,27)(H,25,26)(H,28,29). The number of ether oxygens (including phenoxy) is 2. The van der Waals surface area contributed by atoms with Gasteiger partial charge in [0.1, 0.15) is 12.4 Å². The van der Waals surface area contributed by atoms with E-state index < -0.39 is 29.4 Å². The Labute approximate surface area is 182 Å². The van der Waals surface area contributed by atoms with E-state index in [-0.39, 0.29) is 35.5 Å². The zero-order valence-corrected chi connectivity index (χ0v) is 17.6. The summed E-state index contributed by atoms with van der Waals surface area (Å²) < 4.78 is 10.6. The van der Waals surface area contributed by atoms with Gasteiger partial charge in [-0.1, -0.05) is 6.07 Å². The van der Waals surface area contributed by atoms with Crippen LogP contribution in [-0.4, -0.2) is 46.8 Å². The van der Waals surface area contributed by atoms with Gasteiger partial charge >= 0.3 is 17.9 Å². The maximum Gasteiger partial charge on any atom is 0.336 e. The van der Waals surface area contributed by atoms with Gasteiger partial charge in [-0.15, -0.1) is 0 Å². The molecule has 10 nitrogen and oxygen atoms in total. The van der Waals surface area contributed by atoms with Crippen LogP contribution in [0, 0.1) is 6.92 Å². The second-order valence-electron chi connectivity index (χ2n) is 7.23. The molecule has 1 aliphatic rings. The fraction of sp³-hybridized carbons (Fsp3) is 0.273. The molecule has 1 aromatic carbocycles. The van der Waals surface area contributed by atoms with E-state index in [0.29, 0.717) is 16.9 Å². The minimum absolute atomic E-state index is 0.0239. The summed E-state index contributed by atoms with van der Waals surface area (Å²) in [5.74, 6) is -3.84. The molecule has 0 radical (unpaired) electrons. The van der Waals surface area contributed by atoms with Gasteiger partial charge in [0, 0.05) is 17.5 Å². The quantitative estimate of drug-likeness (QED) is 0.472. The number of benzene rings is 1. The topological polar surface area (TPSA) is 155 Å². The van der Waals surface area contributed by atoms with Gasteiger partial charge in [0.05, 0.1) is 41.8 Å². The fourth-order valence-electron chi connectivity index (χ4n) is 3.68. The van der Waals surface area contributed by atoms with E-state index in [1.165, 1.54) is 25.3 Å². The van der Waals surface area contributed by atoms with Crippen molar-refractivity contribution in [2.75, 3.05) is 19.0 Å². The number of H-pyrrole nitrogens is 1. The molecule has 2 heterocycles. The number of aromatic amines is 1.